The highest BCUT2D eigenvalue weighted by Gasteiger charge is 2.15. The molecule has 0 atom stereocenters. The van der Waals surface area contributed by atoms with Gasteiger partial charge in [0.2, 0.25) is 0 Å². The molecule has 1 amide bonds. The summed E-state index contributed by atoms with van der Waals surface area (Å²) >= 11 is 0. The van der Waals surface area contributed by atoms with Crippen molar-refractivity contribution >= 4 is 17.3 Å². The molecule has 0 unspecified atom stereocenters. The minimum atomic E-state index is -0.146. The van der Waals surface area contributed by atoms with Gasteiger partial charge in [0.05, 0.1) is 24.2 Å². The van der Waals surface area contributed by atoms with E-state index in [1.54, 1.807) is 43.7 Å². The van der Waals surface area contributed by atoms with Gasteiger partial charge in [0, 0.05) is 18.8 Å². The van der Waals surface area contributed by atoms with Crippen LogP contribution < -0.4 is 15.4 Å². The Kier molecular flexibility index (Phi) is 4.20. The molecule has 5 nitrogen and oxygen atoms in total. The smallest absolute Gasteiger partial charge is 0.258 e. The van der Waals surface area contributed by atoms with E-state index in [0.717, 1.165) is 5.69 Å². The summed E-state index contributed by atoms with van der Waals surface area (Å²) < 4.78 is 5.36. The lowest BCUT2D eigenvalue weighted by Crippen LogP contribution is -2.26. The Morgan fingerprint density at radius 2 is 2.20 bits per heavy atom. The molecule has 1 aromatic carbocycles. The summed E-state index contributed by atoms with van der Waals surface area (Å²) in [6.45, 7) is 2.42. The van der Waals surface area contributed by atoms with Gasteiger partial charge in [-0.15, -0.1) is 0 Å². The Bertz CT molecular complexity index is 599. The van der Waals surface area contributed by atoms with E-state index < -0.39 is 0 Å². The molecule has 2 N–H and O–H groups in total. The number of carbonyl (C=O) groups is 1. The van der Waals surface area contributed by atoms with Crippen LogP contribution in [0.15, 0.2) is 42.7 Å². The maximum absolute atomic E-state index is 12.4. The minimum absolute atomic E-state index is 0.146. The van der Waals surface area contributed by atoms with Crippen molar-refractivity contribution in [1.82, 2.24) is 4.98 Å². The highest BCUT2D eigenvalue weighted by atomic mass is 16.5. The van der Waals surface area contributed by atoms with Crippen LogP contribution in [0.5, 0.6) is 5.75 Å². The van der Waals surface area contributed by atoms with Gasteiger partial charge in [0.15, 0.2) is 0 Å². The van der Waals surface area contributed by atoms with Gasteiger partial charge < -0.3 is 15.4 Å². The normalized spacial score (nSPS) is 10.1. The van der Waals surface area contributed by atoms with Gasteiger partial charge in [0.1, 0.15) is 5.75 Å². The molecule has 0 saturated heterocycles. The summed E-state index contributed by atoms with van der Waals surface area (Å²) in [4.78, 5) is 17.9. The molecule has 2 aromatic rings. The number of nitrogen functional groups attached to an aromatic ring is 1. The number of ether oxygens (including phenoxy) is 1. The van der Waals surface area contributed by atoms with Crippen LogP contribution in [0.25, 0.3) is 0 Å². The number of benzene rings is 1. The first-order valence-corrected chi connectivity index (χ1v) is 6.34. The summed E-state index contributed by atoms with van der Waals surface area (Å²) in [6.07, 6.45) is 3.30. The largest absolute Gasteiger partial charge is 0.492 e. The molecule has 0 aliphatic carbocycles. The summed E-state index contributed by atoms with van der Waals surface area (Å²) in [5.41, 5.74) is 7.57. The second kappa shape index (κ2) is 6.06. The quantitative estimate of drug-likeness (QED) is 0.867. The van der Waals surface area contributed by atoms with Crippen molar-refractivity contribution in [3.8, 4) is 5.75 Å². The summed E-state index contributed by atoms with van der Waals surface area (Å²) in [5, 5.41) is 0. The van der Waals surface area contributed by atoms with Crippen molar-refractivity contribution < 1.29 is 9.53 Å². The van der Waals surface area contributed by atoms with Gasteiger partial charge in [-0.2, -0.15) is 0 Å². The molecule has 0 fully saturated rings. The van der Waals surface area contributed by atoms with Gasteiger partial charge in [-0.25, -0.2) is 0 Å². The molecule has 0 saturated carbocycles. The lowest BCUT2D eigenvalue weighted by atomic mass is 10.1. The highest BCUT2D eigenvalue weighted by Crippen LogP contribution is 2.24. The van der Waals surface area contributed by atoms with Gasteiger partial charge >= 0.3 is 0 Å². The molecule has 1 aromatic heterocycles. The number of nitrogens with zero attached hydrogens (tertiary/aromatic N) is 2. The molecule has 2 rings (SSSR count). The molecule has 0 spiro atoms. The van der Waals surface area contributed by atoms with Crippen LogP contribution in [-0.2, 0) is 0 Å². The Balaban J connectivity index is 2.23. The van der Waals surface area contributed by atoms with E-state index in [2.05, 4.69) is 4.98 Å². The molecule has 0 radical (unpaired) electrons. The zero-order valence-corrected chi connectivity index (χ0v) is 11.5. The molecular formula is C15H17N3O2. The average molecular weight is 271 g/mol. The zero-order chi connectivity index (χ0) is 14.5. The summed E-state index contributed by atoms with van der Waals surface area (Å²) in [7, 11) is 1.70. The number of carbonyl (C=O) groups excluding carboxylic acids is 1. The van der Waals surface area contributed by atoms with E-state index in [4.69, 9.17) is 10.5 Å². The maximum Gasteiger partial charge on any atom is 0.258 e. The highest BCUT2D eigenvalue weighted by molar-refractivity contribution is 6.06. The molecule has 0 bridgehead atoms. The molecular weight excluding hydrogens is 254 g/mol. The van der Waals surface area contributed by atoms with E-state index in [0.29, 0.717) is 23.6 Å². The van der Waals surface area contributed by atoms with Crippen molar-refractivity contribution in [2.24, 2.45) is 0 Å². The third-order valence-electron chi connectivity index (χ3n) is 2.89. The van der Waals surface area contributed by atoms with E-state index in [1.165, 1.54) is 4.90 Å². The second-order valence-electron chi connectivity index (χ2n) is 4.26. The number of hydrogen-bond acceptors (Lipinski definition) is 4. The Hall–Kier alpha value is -2.56. The Morgan fingerprint density at radius 1 is 1.40 bits per heavy atom. The first-order chi connectivity index (χ1) is 9.63. The van der Waals surface area contributed by atoms with Crippen LogP contribution in [0, 0.1) is 0 Å². The van der Waals surface area contributed by atoms with Crippen LogP contribution in [-0.4, -0.2) is 24.5 Å². The van der Waals surface area contributed by atoms with Gasteiger partial charge in [0.25, 0.3) is 5.91 Å². The van der Waals surface area contributed by atoms with Gasteiger partial charge in [-0.05, 0) is 37.3 Å². The first-order valence-electron chi connectivity index (χ1n) is 6.34. The van der Waals surface area contributed by atoms with E-state index in [-0.39, 0.29) is 5.91 Å². The zero-order valence-electron chi connectivity index (χ0n) is 11.5. The monoisotopic (exact) mass is 271 g/mol. The molecule has 5 heteroatoms. The summed E-state index contributed by atoms with van der Waals surface area (Å²) in [6, 6.07) is 8.65. The van der Waals surface area contributed by atoms with Gasteiger partial charge in [-0.3, -0.25) is 9.78 Å². The maximum atomic E-state index is 12.4. The third kappa shape index (κ3) is 2.88. The fraction of sp³-hybridized carbons (Fsp3) is 0.200. The van der Waals surface area contributed by atoms with Crippen LogP contribution >= 0.6 is 0 Å². The van der Waals surface area contributed by atoms with Crippen LogP contribution in [0.1, 0.15) is 17.3 Å². The lowest BCUT2D eigenvalue weighted by molar-refractivity contribution is 0.0993. The number of hydrogen-bond donors (Lipinski definition) is 1. The van der Waals surface area contributed by atoms with Crippen LogP contribution in [0.4, 0.5) is 11.4 Å². The number of rotatable bonds is 4. The topological polar surface area (TPSA) is 68.5 Å². The first kappa shape index (κ1) is 13.9. The number of aromatic nitrogens is 1. The fourth-order valence-electron chi connectivity index (χ4n) is 1.83. The number of pyridine rings is 1. The standard InChI is InChI=1S/C15H17N3O2/c1-3-20-14-7-6-11(9-13(14)16)15(19)18(2)12-5-4-8-17-10-12/h4-10H,3,16H2,1-2H3. The van der Waals surface area contributed by atoms with Crippen molar-refractivity contribution in [2.45, 2.75) is 6.92 Å². The van der Waals surface area contributed by atoms with Crippen LogP contribution in [0.2, 0.25) is 0 Å². The lowest BCUT2D eigenvalue weighted by Gasteiger charge is -2.17. The number of nitrogens with two attached hydrogens (primary N) is 1. The van der Waals surface area contributed by atoms with Crippen LogP contribution in [0.3, 0.4) is 0 Å². The van der Waals surface area contributed by atoms with E-state index in [9.17, 15) is 4.79 Å². The molecule has 104 valence electrons. The Morgan fingerprint density at radius 3 is 2.80 bits per heavy atom. The predicted molar refractivity (Wildman–Crippen MR) is 79.0 cm³/mol. The van der Waals surface area contributed by atoms with E-state index in [1.807, 2.05) is 13.0 Å². The van der Waals surface area contributed by atoms with Gasteiger partial charge in [-0.1, -0.05) is 0 Å². The minimum Gasteiger partial charge on any atom is -0.492 e. The summed E-state index contributed by atoms with van der Waals surface area (Å²) in [5.74, 6) is 0.445. The van der Waals surface area contributed by atoms with Crippen molar-refractivity contribution in [1.29, 1.82) is 0 Å². The van der Waals surface area contributed by atoms with Crippen molar-refractivity contribution in [2.75, 3.05) is 24.3 Å². The SMILES string of the molecule is CCOc1ccc(C(=O)N(C)c2cccnc2)cc1N. The van der Waals surface area contributed by atoms with Crippen molar-refractivity contribution in [3.63, 3.8) is 0 Å². The number of amides is 1. The molecule has 0 aliphatic heterocycles. The predicted octanol–water partition coefficient (Wildman–Crippen LogP) is 2.34. The third-order valence-corrected chi connectivity index (χ3v) is 2.89. The molecule has 1 heterocycles. The Labute approximate surface area is 118 Å². The van der Waals surface area contributed by atoms with E-state index >= 15 is 0 Å². The number of anilines is 2. The average Bonchev–Trinajstić information content (AvgIpc) is 2.49. The van der Waals surface area contributed by atoms with Crippen molar-refractivity contribution in [3.05, 3.63) is 48.3 Å². The molecule has 20 heavy (non-hydrogen) atoms. The fourth-order valence-corrected chi connectivity index (χ4v) is 1.83. The second-order valence-corrected chi connectivity index (χ2v) is 4.26. The molecule has 0 aliphatic rings.